The molecule has 13 rings (SSSR count). The lowest BCUT2D eigenvalue weighted by Crippen LogP contribution is -2.63. The third kappa shape index (κ3) is 10.3. The Morgan fingerprint density at radius 3 is 2.03 bits per heavy atom. The van der Waals surface area contributed by atoms with Crippen molar-refractivity contribution in [2.75, 3.05) is 6.61 Å². The molecule has 2 spiro atoms. The van der Waals surface area contributed by atoms with Crippen molar-refractivity contribution < 1.29 is 91.6 Å². The predicted octanol–water partition coefficient (Wildman–Crippen LogP) is 4.36. The van der Waals surface area contributed by atoms with Gasteiger partial charge in [0.25, 0.3) is 0 Å². The summed E-state index contributed by atoms with van der Waals surface area (Å²) in [5.41, 5.74) is 2.06. The van der Waals surface area contributed by atoms with E-state index in [0.717, 1.165) is 49.7 Å². The van der Waals surface area contributed by atoms with Gasteiger partial charge in [-0.3, -0.25) is 9.59 Å². The molecule has 0 aromatic heterocycles. The minimum Gasteiger partial charge on any atom is -0.459 e. The van der Waals surface area contributed by atoms with E-state index in [9.17, 15) is 30.0 Å². The normalized spacial score (nSPS) is 55.0. The van der Waals surface area contributed by atoms with Gasteiger partial charge in [0, 0.05) is 63.7 Å². The minimum absolute atomic E-state index is 0.00548. The van der Waals surface area contributed by atoms with Gasteiger partial charge in [-0.25, -0.2) is 0 Å². The van der Waals surface area contributed by atoms with Gasteiger partial charge in [0.05, 0.1) is 117 Å². The Morgan fingerprint density at radius 1 is 0.538 bits per heavy atom. The molecule has 0 aromatic carbocycles. The first-order valence-corrected chi connectivity index (χ1v) is 30.1. The molecule has 0 radical (unpaired) electrons. The number of aliphatic hydroxyl groups excluding tert-OH is 4. The van der Waals surface area contributed by atoms with Crippen LogP contribution in [0.15, 0.2) is 24.3 Å². The summed E-state index contributed by atoms with van der Waals surface area (Å²) >= 11 is 0. The summed E-state index contributed by atoms with van der Waals surface area (Å²) in [6, 6.07) is 0. The molecule has 13 saturated heterocycles. The summed E-state index contributed by atoms with van der Waals surface area (Å²) in [6.45, 7) is 16.8. The third-order valence-electron chi connectivity index (χ3n) is 20.9. The SMILES string of the molecule is C=C1C[C@@H]2CC[C@@]34CC[C@H]5O[C@H]6[C@@H](O3)[C@H]3O[C@H](CC[C@@H]3O[C@H]6C5O4)CC(=O)O[C@@H]3[C@@H](C)[C@@H]4O[C@H](CC(=O)C[C@@H]5O[C@@]6(C[C@H](C)[C@@H]5O)C[C@H](C)[C@@H]5O[C@H](CO)[C@H](O)C[C@@H]5O6)[C@H](O)C[C@@H]4O[C@H]3C[C@H]3O[C@@H](CC[C@@H]1O2)C[C@@H](C)C3=C. The lowest BCUT2D eigenvalue weighted by Gasteiger charge is -2.55. The first-order valence-electron chi connectivity index (χ1n) is 30.1. The van der Waals surface area contributed by atoms with Gasteiger partial charge < -0.3 is 82.0 Å². The Bertz CT molecular complexity index is 2250. The van der Waals surface area contributed by atoms with Gasteiger partial charge in [0.2, 0.25) is 0 Å². The van der Waals surface area contributed by atoms with Gasteiger partial charge >= 0.3 is 5.97 Å². The predicted molar refractivity (Wildman–Crippen MR) is 272 cm³/mol. The molecule has 0 aromatic rings. The lowest BCUT2D eigenvalue weighted by atomic mass is 9.77. The second kappa shape index (κ2) is 21.6. The number of hydrogen-bond donors (Lipinski definition) is 4. The number of fused-ring (bicyclic) bond motifs is 8. The molecular weight excluding hydrogens is 1010 g/mol. The number of ketones is 1. The molecule has 19 nitrogen and oxygen atoms in total. The van der Waals surface area contributed by atoms with Crippen molar-refractivity contribution in [2.45, 2.75) is 301 Å². The summed E-state index contributed by atoms with van der Waals surface area (Å²) in [7, 11) is 0. The van der Waals surface area contributed by atoms with Gasteiger partial charge in [-0.15, -0.1) is 0 Å². The fourth-order valence-corrected chi connectivity index (χ4v) is 16.8. The standard InChI is InChI=1S/C59H86O19/c1-26-15-33-7-9-38-27(2)16-35(66-38)11-13-58-14-12-40-54(77-58)55-56(71-40)57(78-58)53-39(70-55)10-8-34(68-53)19-48(64)74-52-31(6)51-44(69-45(52)22-41(67-33)30(26)5)20-36(62)42(72-51)17-32(61)18-43-49(65)28(3)23-59(75-43)24-29(4)50-46(76-59)21-37(63)47(25-60)73-50/h26,28-29,31,33-47,49-57,60,62-63,65H,2,5,7-25H2,1,3-4,6H3/t26-,28+,29+,31+,33+,34-,35+,36-,37-,38+,39+,40-,41-,42-,43+,44+,45+,46+,47-,49+,50+,51+,52-,53+,54?,55+,56-,57+,58+,59-/m1/s1. The van der Waals surface area contributed by atoms with E-state index in [-0.39, 0.29) is 123 Å². The highest BCUT2D eigenvalue weighted by atomic mass is 16.8. The molecule has 13 aliphatic rings. The first-order chi connectivity index (χ1) is 37.4. The van der Waals surface area contributed by atoms with E-state index in [1.54, 1.807) is 0 Å². The average molecular weight is 1100 g/mol. The molecule has 4 N–H and O–H groups in total. The van der Waals surface area contributed by atoms with E-state index in [1.807, 2.05) is 20.8 Å². The molecule has 11 bridgehead atoms. The zero-order chi connectivity index (χ0) is 54.1. The van der Waals surface area contributed by atoms with Crippen LogP contribution >= 0.6 is 0 Å². The van der Waals surface area contributed by atoms with Crippen molar-refractivity contribution in [1.82, 2.24) is 0 Å². The lowest BCUT2D eigenvalue weighted by molar-refractivity contribution is -0.375. The fraction of sp³-hybridized carbons (Fsp3) is 0.898. The fourth-order valence-electron chi connectivity index (χ4n) is 16.8. The van der Waals surface area contributed by atoms with Crippen molar-refractivity contribution in [2.24, 2.45) is 23.7 Å². The second-order valence-electron chi connectivity index (χ2n) is 26.4. The number of carbonyl (C=O) groups excluding carboxylic acids is 2. The zero-order valence-electron chi connectivity index (χ0n) is 45.9. The smallest absolute Gasteiger partial charge is 0.308 e. The molecule has 30 atom stereocenters. The van der Waals surface area contributed by atoms with Crippen molar-refractivity contribution >= 4 is 11.8 Å². The summed E-state index contributed by atoms with van der Waals surface area (Å²) < 4.78 is 87.7. The van der Waals surface area contributed by atoms with Crippen LogP contribution in [0.2, 0.25) is 0 Å². The molecule has 13 aliphatic heterocycles. The van der Waals surface area contributed by atoms with Crippen LogP contribution in [0.3, 0.4) is 0 Å². The Morgan fingerprint density at radius 2 is 1.21 bits per heavy atom. The molecule has 13 fully saturated rings. The highest BCUT2D eigenvalue weighted by Crippen LogP contribution is 2.53. The monoisotopic (exact) mass is 1100 g/mol. The first kappa shape index (κ1) is 55.2. The number of Topliss-reactive ketones (excluding diaryl/α,β-unsaturated/α-hetero) is 1. The maximum Gasteiger partial charge on any atom is 0.308 e. The zero-order valence-corrected chi connectivity index (χ0v) is 45.9. The second-order valence-corrected chi connectivity index (χ2v) is 26.4. The van der Waals surface area contributed by atoms with E-state index in [4.69, 9.17) is 61.6 Å². The van der Waals surface area contributed by atoms with E-state index < -0.39 is 109 Å². The molecule has 78 heavy (non-hydrogen) atoms. The highest BCUT2D eigenvalue weighted by molar-refractivity contribution is 5.79. The van der Waals surface area contributed by atoms with Crippen LogP contribution in [0.5, 0.6) is 0 Å². The molecule has 19 heteroatoms. The van der Waals surface area contributed by atoms with Crippen LogP contribution in [0, 0.1) is 23.7 Å². The number of carbonyl (C=O) groups is 2. The Hall–Kier alpha value is -2.02. The van der Waals surface area contributed by atoms with E-state index in [2.05, 4.69) is 20.1 Å². The van der Waals surface area contributed by atoms with Crippen LogP contribution in [-0.2, 0) is 71.2 Å². The van der Waals surface area contributed by atoms with Gasteiger partial charge in [-0.1, -0.05) is 40.9 Å². The largest absolute Gasteiger partial charge is 0.459 e. The number of aliphatic hydroxyl groups is 4. The summed E-state index contributed by atoms with van der Waals surface area (Å²) in [6.07, 6.45) is -3.28. The summed E-state index contributed by atoms with van der Waals surface area (Å²) in [5, 5.41) is 43.7. The van der Waals surface area contributed by atoms with Crippen molar-refractivity contribution in [3.05, 3.63) is 24.3 Å². The van der Waals surface area contributed by atoms with Crippen LogP contribution in [0.25, 0.3) is 0 Å². The number of ether oxygens (including phenoxy) is 13. The Labute approximate surface area is 457 Å². The third-order valence-corrected chi connectivity index (χ3v) is 20.9. The number of esters is 1. The van der Waals surface area contributed by atoms with Crippen molar-refractivity contribution in [1.29, 1.82) is 0 Å². The number of hydrogen-bond acceptors (Lipinski definition) is 19. The van der Waals surface area contributed by atoms with Gasteiger partial charge in [-0.05, 0) is 80.3 Å². The molecule has 0 aliphatic carbocycles. The maximum absolute atomic E-state index is 14.5. The van der Waals surface area contributed by atoms with Crippen LogP contribution in [-0.4, -0.2) is 197 Å². The average Bonchev–Trinajstić information content (AvgIpc) is 4.14. The molecule has 1 unspecified atom stereocenters. The minimum atomic E-state index is -1.11. The van der Waals surface area contributed by atoms with Crippen LogP contribution in [0.1, 0.15) is 143 Å². The Kier molecular flexibility index (Phi) is 15.2. The number of rotatable bonds is 5. The molecule has 0 amide bonds. The topological polar surface area (TPSA) is 235 Å². The maximum atomic E-state index is 14.5. The summed E-state index contributed by atoms with van der Waals surface area (Å²) in [4.78, 5) is 28.7. The van der Waals surface area contributed by atoms with E-state index >= 15 is 0 Å². The quantitative estimate of drug-likeness (QED) is 0.221. The molecular formula is C59H86O19. The van der Waals surface area contributed by atoms with Crippen LogP contribution < -0.4 is 0 Å². The van der Waals surface area contributed by atoms with Crippen LogP contribution in [0.4, 0.5) is 0 Å². The highest BCUT2D eigenvalue weighted by Gasteiger charge is 2.66. The van der Waals surface area contributed by atoms with Gasteiger partial charge in [0.15, 0.2) is 11.6 Å². The molecule has 13 heterocycles. The van der Waals surface area contributed by atoms with Gasteiger partial charge in [0.1, 0.15) is 48.5 Å². The molecule has 436 valence electrons. The summed E-state index contributed by atoms with van der Waals surface area (Å²) in [5.74, 6) is -3.21. The van der Waals surface area contributed by atoms with Crippen molar-refractivity contribution in [3.63, 3.8) is 0 Å². The molecule has 0 saturated carbocycles. The van der Waals surface area contributed by atoms with Crippen molar-refractivity contribution in [3.8, 4) is 0 Å². The van der Waals surface area contributed by atoms with Gasteiger partial charge in [-0.2, -0.15) is 0 Å². The Balaban J connectivity index is 0.718. The van der Waals surface area contributed by atoms with E-state index in [1.165, 1.54) is 0 Å². The van der Waals surface area contributed by atoms with E-state index in [0.29, 0.717) is 44.9 Å².